The Labute approximate surface area is 162 Å². The summed E-state index contributed by atoms with van der Waals surface area (Å²) in [6.45, 7) is 0. The molecule has 0 aliphatic rings. The normalized spacial score (nSPS) is 9.96. The number of benzene rings is 1. The number of aromatic hydroxyl groups is 1. The first-order chi connectivity index (χ1) is 12.2. The van der Waals surface area contributed by atoms with E-state index in [4.69, 9.17) is 15.8 Å². The highest BCUT2D eigenvalue weighted by Gasteiger charge is 2.11. The largest absolute Gasteiger partial charge is 0.507 e. The number of hydrogen-bond donors (Lipinski definition) is 1. The fourth-order valence-corrected chi connectivity index (χ4v) is 4.47. The standard InChI is InChI=1S/C18H21N3OS3/c19-4-1-7-23-12-15-10-16(13-24-8-2-5-20)18(22)17(11-15)14-25-9-3-6-21/h10-11,22H,1-3,7-9,12-14H2. The molecule has 25 heavy (non-hydrogen) atoms. The minimum absolute atomic E-state index is 0.333. The van der Waals surface area contributed by atoms with Crippen molar-refractivity contribution in [1.82, 2.24) is 0 Å². The molecule has 1 rings (SSSR count). The lowest BCUT2D eigenvalue weighted by Crippen LogP contribution is -1.95. The molecule has 4 nitrogen and oxygen atoms in total. The monoisotopic (exact) mass is 391 g/mol. The van der Waals surface area contributed by atoms with Crippen LogP contribution in [0.4, 0.5) is 0 Å². The molecule has 0 aliphatic carbocycles. The van der Waals surface area contributed by atoms with Crippen LogP contribution in [0.2, 0.25) is 0 Å². The van der Waals surface area contributed by atoms with Crippen LogP contribution in [-0.4, -0.2) is 22.4 Å². The van der Waals surface area contributed by atoms with Crippen molar-refractivity contribution in [3.05, 3.63) is 28.8 Å². The van der Waals surface area contributed by atoms with E-state index < -0.39 is 0 Å². The predicted molar refractivity (Wildman–Crippen MR) is 107 cm³/mol. The van der Waals surface area contributed by atoms with Crippen LogP contribution in [0.5, 0.6) is 5.75 Å². The van der Waals surface area contributed by atoms with Crippen LogP contribution in [-0.2, 0) is 17.3 Å². The molecule has 0 saturated heterocycles. The lowest BCUT2D eigenvalue weighted by Gasteiger charge is -2.13. The maximum Gasteiger partial charge on any atom is 0.123 e. The van der Waals surface area contributed by atoms with Crippen LogP contribution in [0.3, 0.4) is 0 Å². The Kier molecular flexibility index (Phi) is 11.9. The maximum absolute atomic E-state index is 10.5. The first-order valence-electron chi connectivity index (χ1n) is 7.90. The van der Waals surface area contributed by atoms with E-state index in [0.717, 1.165) is 39.7 Å². The van der Waals surface area contributed by atoms with Gasteiger partial charge < -0.3 is 5.11 Å². The lowest BCUT2D eigenvalue weighted by molar-refractivity contribution is 0.465. The number of nitriles is 3. The van der Waals surface area contributed by atoms with Gasteiger partial charge in [0.1, 0.15) is 5.75 Å². The average Bonchev–Trinajstić information content (AvgIpc) is 2.62. The van der Waals surface area contributed by atoms with Crippen LogP contribution in [0.15, 0.2) is 12.1 Å². The summed E-state index contributed by atoms with van der Waals surface area (Å²) in [6.07, 6.45) is 1.55. The second-order valence-corrected chi connectivity index (χ2v) is 8.46. The molecule has 0 heterocycles. The molecular weight excluding hydrogens is 370 g/mol. The minimum Gasteiger partial charge on any atom is -0.507 e. The summed E-state index contributed by atoms with van der Waals surface area (Å²) in [6, 6.07) is 10.5. The van der Waals surface area contributed by atoms with Gasteiger partial charge in [-0.1, -0.05) is 12.1 Å². The van der Waals surface area contributed by atoms with Crippen molar-refractivity contribution in [2.45, 2.75) is 36.5 Å². The molecule has 0 amide bonds. The Balaban J connectivity index is 2.78. The molecule has 0 unspecified atom stereocenters. The van der Waals surface area contributed by atoms with Crippen LogP contribution < -0.4 is 0 Å². The van der Waals surface area contributed by atoms with Gasteiger partial charge in [-0.2, -0.15) is 51.1 Å². The SMILES string of the molecule is N#CCCSCc1cc(CSCCC#N)c(O)c(CSCCC#N)c1. The third-order valence-corrected chi connectivity index (χ3v) is 6.23. The predicted octanol–water partition coefficient (Wildman–Crippen LogP) is 4.83. The summed E-state index contributed by atoms with van der Waals surface area (Å²) in [5.41, 5.74) is 2.95. The zero-order valence-electron chi connectivity index (χ0n) is 14.0. The molecule has 1 N–H and O–H groups in total. The third-order valence-electron chi connectivity index (χ3n) is 3.19. The van der Waals surface area contributed by atoms with E-state index in [1.54, 1.807) is 35.3 Å². The van der Waals surface area contributed by atoms with E-state index in [1.807, 2.05) is 12.1 Å². The van der Waals surface area contributed by atoms with Gasteiger partial charge in [0, 0.05) is 64.9 Å². The van der Waals surface area contributed by atoms with E-state index >= 15 is 0 Å². The summed E-state index contributed by atoms with van der Waals surface area (Å²) in [5, 5.41) is 36.4. The quantitative estimate of drug-likeness (QED) is 0.510. The lowest BCUT2D eigenvalue weighted by atomic mass is 10.1. The molecule has 132 valence electrons. The maximum atomic E-state index is 10.5. The molecule has 0 bridgehead atoms. The summed E-state index contributed by atoms with van der Waals surface area (Å²) in [4.78, 5) is 0. The van der Waals surface area contributed by atoms with E-state index in [1.165, 1.54) is 0 Å². The highest BCUT2D eigenvalue weighted by molar-refractivity contribution is 7.99. The molecule has 0 aliphatic heterocycles. The first kappa shape index (κ1) is 21.6. The molecule has 1 aromatic carbocycles. The van der Waals surface area contributed by atoms with Gasteiger partial charge in [-0.15, -0.1) is 0 Å². The molecule has 7 heteroatoms. The van der Waals surface area contributed by atoms with Crippen molar-refractivity contribution in [2.24, 2.45) is 0 Å². The second kappa shape index (κ2) is 13.8. The zero-order valence-corrected chi connectivity index (χ0v) is 16.5. The van der Waals surface area contributed by atoms with E-state index in [2.05, 4.69) is 18.2 Å². The molecule has 0 spiro atoms. The van der Waals surface area contributed by atoms with Gasteiger partial charge in [-0.05, 0) is 5.56 Å². The molecule has 0 fully saturated rings. The third kappa shape index (κ3) is 8.98. The van der Waals surface area contributed by atoms with Gasteiger partial charge in [0.05, 0.1) is 18.2 Å². The van der Waals surface area contributed by atoms with Gasteiger partial charge in [0.25, 0.3) is 0 Å². The van der Waals surface area contributed by atoms with Crippen molar-refractivity contribution in [1.29, 1.82) is 15.8 Å². The average molecular weight is 392 g/mol. The van der Waals surface area contributed by atoms with Gasteiger partial charge >= 0.3 is 0 Å². The van der Waals surface area contributed by atoms with E-state index in [0.29, 0.717) is 36.5 Å². The first-order valence-corrected chi connectivity index (χ1v) is 11.4. The van der Waals surface area contributed by atoms with Gasteiger partial charge in [-0.3, -0.25) is 0 Å². The summed E-state index contributed by atoms with van der Waals surface area (Å²) in [5.74, 6) is 4.82. The molecular formula is C18H21N3OS3. The summed E-state index contributed by atoms with van der Waals surface area (Å²) >= 11 is 5.00. The van der Waals surface area contributed by atoms with Gasteiger partial charge in [0.15, 0.2) is 0 Å². The Morgan fingerprint density at radius 2 is 1.12 bits per heavy atom. The van der Waals surface area contributed by atoms with Crippen LogP contribution >= 0.6 is 35.3 Å². The molecule has 1 aromatic rings. The number of phenolic OH excluding ortho intramolecular Hbond substituents is 1. The van der Waals surface area contributed by atoms with Crippen LogP contribution in [0, 0.1) is 34.0 Å². The van der Waals surface area contributed by atoms with Crippen molar-refractivity contribution in [2.75, 3.05) is 17.3 Å². The Morgan fingerprint density at radius 3 is 1.52 bits per heavy atom. The topological polar surface area (TPSA) is 91.6 Å². The van der Waals surface area contributed by atoms with Gasteiger partial charge in [0.2, 0.25) is 0 Å². The molecule has 0 atom stereocenters. The summed E-state index contributed by atoms with van der Waals surface area (Å²) < 4.78 is 0. The number of phenols is 1. The number of thioether (sulfide) groups is 3. The number of nitrogens with zero attached hydrogens (tertiary/aromatic N) is 3. The Morgan fingerprint density at radius 1 is 0.720 bits per heavy atom. The van der Waals surface area contributed by atoms with Crippen LogP contribution in [0.1, 0.15) is 36.0 Å². The fourth-order valence-electron chi connectivity index (χ4n) is 2.04. The smallest absolute Gasteiger partial charge is 0.123 e. The fraction of sp³-hybridized carbons (Fsp3) is 0.500. The second-order valence-electron chi connectivity index (χ2n) is 5.14. The minimum atomic E-state index is 0.333. The molecule has 0 aromatic heterocycles. The van der Waals surface area contributed by atoms with Crippen molar-refractivity contribution < 1.29 is 5.11 Å². The van der Waals surface area contributed by atoms with Crippen LogP contribution in [0.25, 0.3) is 0 Å². The Bertz CT molecular complexity index is 616. The zero-order chi connectivity index (χ0) is 18.3. The van der Waals surface area contributed by atoms with E-state index in [-0.39, 0.29) is 0 Å². The molecule has 0 radical (unpaired) electrons. The number of hydrogen-bond acceptors (Lipinski definition) is 7. The van der Waals surface area contributed by atoms with Crippen molar-refractivity contribution in [3.8, 4) is 24.0 Å². The highest BCUT2D eigenvalue weighted by atomic mass is 32.2. The Hall–Kier alpha value is -1.46. The summed E-state index contributed by atoms with van der Waals surface area (Å²) in [7, 11) is 0. The van der Waals surface area contributed by atoms with E-state index in [9.17, 15) is 5.11 Å². The highest BCUT2D eigenvalue weighted by Crippen LogP contribution is 2.32. The van der Waals surface area contributed by atoms with Crippen molar-refractivity contribution in [3.63, 3.8) is 0 Å². The van der Waals surface area contributed by atoms with Gasteiger partial charge in [-0.25, -0.2) is 0 Å². The number of rotatable bonds is 12. The van der Waals surface area contributed by atoms with Crippen molar-refractivity contribution >= 4 is 35.3 Å². The molecule has 0 saturated carbocycles.